The number of hydrogen-bond donors (Lipinski definition) is 2. The summed E-state index contributed by atoms with van der Waals surface area (Å²) in [5.41, 5.74) is 2.21. The monoisotopic (exact) mass is 277 g/mol. The quantitative estimate of drug-likeness (QED) is 0.716. The predicted molar refractivity (Wildman–Crippen MR) is 79.6 cm³/mol. The average Bonchev–Trinajstić information content (AvgIpc) is 2.82. The Bertz CT molecular complexity index is 539. The van der Waals surface area contributed by atoms with Gasteiger partial charge in [0, 0.05) is 51.1 Å². The summed E-state index contributed by atoms with van der Waals surface area (Å²) < 4.78 is 7.16. The van der Waals surface area contributed by atoms with E-state index in [2.05, 4.69) is 27.1 Å². The van der Waals surface area contributed by atoms with Crippen molar-refractivity contribution in [3.8, 4) is 0 Å². The topological polar surface area (TPSA) is 59.3 Å². The number of nitrogens with zero attached hydrogens (tertiary/aromatic N) is 2. The minimum atomic E-state index is 0.188. The molecule has 0 radical (unpaired) electrons. The molecule has 1 atom stereocenters. The lowest BCUT2D eigenvalue weighted by atomic mass is 10.2. The van der Waals surface area contributed by atoms with E-state index in [9.17, 15) is 5.11 Å². The molecule has 2 aromatic rings. The molecule has 20 heavy (non-hydrogen) atoms. The van der Waals surface area contributed by atoms with Gasteiger partial charge in [0.15, 0.2) is 0 Å². The molecule has 0 saturated heterocycles. The molecule has 5 heteroatoms. The molecule has 2 rings (SSSR count). The van der Waals surface area contributed by atoms with Crippen molar-refractivity contribution in [1.82, 2.24) is 14.9 Å². The van der Waals surface area contributed by atoms with Crippen LogP contribution in [0.15, 0.2) is 24.5 Å². The van der Waals surface area contributed by atoms with E-state index in [-0.39, 0.29) is 12.5 Å². The van der Waals surface area contributed by atoms with E-state index < -0.39 is 0 Å². The van der Waals surface area contributed by atoms with Gasteiger partial charge >= 0.3 is 0 Å². The van der Waals surface area contributed by atoms with Gasteiger partial charge in [-0.15, -0.1) is 0 Å². The second kappa shape index (κ2) is 7.38. The van der Waals surface area contributed by atoms with Crippen molar-refractivity contribution < 1.29 is 9.84 Å². The standard InChI is InChI=1S/C15H23N3O2/c1-12(11-19)9-18-10-13(8-16-6-7-20-2)14-4-3-5-17-15(14)18/h3-5,10,12,16,19H,6-9,11H2,1-2H3. The van der Waals surface area contributed by atoms with E-state index in [1.165, 1.54) is 10.9 Å². The summed E-state index contributed by atoms with van der Waals surface area (Å²) in [7, 11) is 1.70. The molecule has 0 bridgehead atoms. The first-order valence-corrected chi connectivity index (χ1v) is 6.99. The maximum Gasteiger partial charge on any atom is 0.140 e. The van der Waals surface area contributed by atoms with Crippen LogP contribution in [0, 0.1) is 5.92 Å². The van der Waals surface area contributed by atoms with Crippen LogP contribution in [0.2, 0.25) is 0 Å². The normalized spacial score (nSPS) is 12.9. The summed E-state index contributed by atoms with van der Waals surface area (Å²) in [5, 5.41) is 13.7. The van der Waals surface area contributed by atoms with E-state index in [0.29, 0.717) is 6.61 Å². The summed E-state index contributed by atoms with van der Waals surface area (Å²) in [6.45, 7) is 5.34. The average molecular weight is 277 g/mol. The van der Waals surface area contributed by atoms with Gasteiger partial charge in [-0.1, -0.05) is 6.92 Å². The molecule has 0 fully saturated rings. The van der Waals surface area contributed by atoms with Crippen molar-refractivity contribution in [2.45, 2.75) is 20.0 Å². The van der Waals surface area contributed by atoms with Gasteiger partial charge in [-0.05, 0) is 23.6 Å². The summed E-state index contributed by atoms with van der Waals surface area (Å²) in [6, 6.07) is 4.05. The first kappa shape index (κ1) is 15.0. The fourth-order valence-electron chi connectivity index (χ4n) is 2.27. The van der Waals surface area contributed by atoms with Gasteiger partial charge in [0.2, 0.25) is 0 Å². The highest BCUT2D eigenvalue weighted by atomic mass is 16.5. The molecule has 5 nitrogen and oxygen atoms in total. The second-order valence-corrected chi connectivity index (χ2v) is 5.14. The number of nitrogens with one attached hydrogen (secondary N) is 1. The van der Waals surface area contributed by atoms with Crippen LogP contribution < -0.4 is 5.32 Å². The Morgan fingerprint density at radius 3 is 3.10 bits per heavy atom. The Morgan fingerprint density at radius 2 is 2.35 bits per heavy atom. The number of rotatable bonds is 8. The van der Waals surface area contributed by atoms with Crippen molar-refractivity contribution in [3.05, 3.63) is 30.1 Å². The maximum absolute atomic E-state index is 9.22. The zero-order chi connectivity index (χ0) is 14.4. The minimum absolute atomic E-state index is 0.188. The Labute approximate surface area is 119 Å². The first-order chi connectivity index (χ1) is 9.76. The third kappa shape index (κ3) is 3.56. The van der Waals surface area contributed by atoms with Gasteiger partial charge in [0.05, 0.1) is 6.61 Å². The molecule has 0 aromatic carbocycles. The van der Waals surface area contributed by atoms with Crippen molar-refractivity contribution in [1.29, 1.82) is 0 Å². The molecule has 2 aromatic heterocycles. The second-order valence-electron chi connectivity index (χ2n) is 5.14. The summed E-state index contributed by atoms with van der Waals surface area (Å²) >= 11 is 0. The lowest BCUT2D eigenvalue weighted by molar-refractivity contribution is 0.199. The highest BCUT2D eigenvalue weighted by molar-refractivity contribution is 5.80. The molecular weight excluding hydrogens is 254 g/mol. The molecule has 0 spiro atoms. The van der Waals surface area contributed by atoms with Gasteiger partial charge in [-0.25, -0.2) is 4.98 Å². The number of pyridine rings is 1. The van der Waals surface area contributed by atoms with Crippen LogP contribution in [0.25, 0.3) is 11.0 Å². The third-order valence-electron chi connectivity index (χ3n) is 3.33. The van der Waals surface area contributed by atoms with Gasteiger partial charge < -0.3 is 19.7 Å². The van der Waals surface area contributed by atoms with Crippen LogP contribution in [0.5, 0.6) is 0 Å². The first-order valence-electron chi connectivity index (χ1n) is 6.99. The number of aromatic nitrogens is 2. The van der Waals surface area contributed by atoms with E-state index in [0.717, 1.165) is 25.3 Å². The van der Waals surface area contributed by atoms with Crippen molar-refractivity contribution in [2.75, 3.05) is 26.9 Å². The van der Waals surface area contributed by atoms with Gasteiger partial charge in [0.25, 0.3) is 0 Å². The number of methoxy groups -OCH3 is 1. The zero-order valence-electron chi connectivity index (χ0n) is 12.2. The molecule has 0 saturated carbocycles. The van der Waals surface area contributed by atoms with Crippen LogP contribution in [-0.2, 0) is 17.8 Å². The zero-order valence-corrected chi connectivity index (χ0v) is 12.2. The molecule has 0 aliphatic carbocycles. The number of ether oxygens (including phenoxy) is 1. The van der Waals surface area contributed by atoms with Crippen LogP contribution in [0.1, 0.15) is 12.5 Å². The Morgan fingerprint density at radius 1 is 1.50 bits per heavy atom. The largest absolute Gasteiger partial charge is 0.396 e. The minimum Gasteiger partial charge on any atom is -0.396 e. The van der Waals surface area contributed by atoms with E-state index in [1.54, 1.807) is 7.11 Å². The Kier molecular flexibility index (Phi) is 5.52. The number of fused-ring (bicyclic) bond motifs is 1. The van der Waals surface area contributed by atoms with Gasteiger partial charge in [-0.2, -0.15) is 0 Å². The highest BCUT2D eigenvalue weighted by Gasteiger charge is 2.11. The number of aliphatic hydroxyl groups excluding tert-OH is 1. The van der Waals surface area contributed by atoms with Crippen LogP contribution in [-0.4, -0.2) is 41.5 Å². The van der Waals surface area contributed by atoms with Gasteiger partial charge in [-0.3, -0.25) is 0 Å². The van der Waals surface area contributed by atoms with E-state index in [4.69, 9.17) is 4.74 Å². The fourth-order valence-corrected chi connectivity index (χ4v) is 2.27. The highest BCUT2D eigenvalue weighted by Crippen LogP contribution is 2.20. The Balaban J connectivity index is 2.17. The van der Waals surface area contributed by atoms with Crippen molar-refractivity contribution in [2.24, 2.45) is 5.92 Å². The lowest BCUT2D eigenvalue weighted by Crippen LogP contribution is -2.18. The van der Waals surface area contributed by atoms with Crippen LogP contribution in [0.4, 0.5) is 0 Å². The molecule has 110 valence electrons. The summed E-state index contributed by atoms with van der Waals surface area (Å²) in [6.07, 6.45) is 3.94. The number of aliphatic hydroxyl groups is 1. The maximum atomic E-state index is 9.22. The third-order valence-corrected chi connectivity index (χ3v) is 3.33. The van der Waals surface area contributed by atoms with Crippen LogP contribution >= 0.6 is 0 Å². The molecule has 2 N–H and O–H groups in total. The number of hydrogen-bond acceptors (Lipinski definition) is 4. The lowest BCUT2D eigenvalue weighted by Gasteiger charge is -2.09. The smallest absolute Gasteiger partial charge is 0.140 e. The molecule has 0 aliphatic rings. The van der Waals surface area contributed by atoms with E-state index >= 15 is 0 Å². The predicted octanol–water partition coefficient (Wildman–Crippen LogP) is 1.40. The van der Waals surface area contributed by atoms with Crippen molar-refractivity contribution in [3.63, 3.8) is 0 Å². The molecule has 0 amide bonds. The Hall–Kier alpha value is -1.43. The summed E-state index contributed by atoms with van der Waals surface area (Å²) in [5.74, 6) is 0.224. The molecule has 1 unspecified atom stereocenters. The van der Waals surface area contributed by atoms with Crippen molar-refractivity contribution >= 4 is 11.0 Å². The molecular formula is C15H23N3O2. The molecule has 2 heterocycles. The molecule has 0 aliphatic heterocycles. The summed E-state index contributed by atoms with van der Waals surface area (Å²) in [4.78, 5) is 4.46. The van der Waals surface area contributed by atoms with E-state index in [1.807, 2.05) is 19.2 Å². The van der Waals surface area contributed by atoms with Gasteiger partial charge in [0.1, 0.15) is 5.65 Å². The van der Waals surface area contributed by atoms with Crippen LogP contribution in [0.3, 0.4) is 0 Å². The SMILES string of the molecule is COCCNCc1cn(CC(C)CO)c2ncccc12. The fraction of sp³-hybridized carbons (Fsp3) is 0.533.